The monoisotopic (exact) mass is 393 g/mol. The van der Waals surface area contributed by atoms with E-state index in [0.717, 1.165) is 70.7 Å². The van der Waals surface area contributed by atoms with E-state index in [1.807, 2.05) is 27.7 Å². The highest BCUT2D eigenvalue weighted by Gasteiger charge is 2.31. The summed E-state index contributed by atoms with van der Waals surface area (Å²) in [4.78, 5) is 0. The SMILES string of the molecule is CCO[Si](C)(CCCC(CN)CCC[Si](C)(OCC)OCC)OCC. The van der Waals surface area contributed by atoms with E-state index in [-0.39, 0.29) is 0 Å². The molecule has 0 amide bonds. The van der Waals surface area contributed by atoms with Crippen LogP contribution in [-0.4, -0.2) is 50.1 Å². The molecule has 0 heterocycles. The Bertz CT molecular complexity index is 281. The molecule has 0 spiro atoms. The van der Waals surface area contributed by atoms with Crippen molar-refractivity contribution in [2.24, 2.45) is 11.7 Å². The molecule has 0 aliphatic rings. The lowest BCUT2D eigenvalue weighted by molar-refractivity contribution is 0.186. The van der Waals surface area contributed by atoms with Gasteiger partial charge in [0.1, 0.15) is 0 Å². The van der Waals surface area contributed by atoms with Crippen LogP contribution in [0.1, 0.15) is 53.4 Å². The molecule has 7 heteroatoms. The van der Waals surface area contributed by atoms with Crippen molar-refractivity contribution >= 4 is 17.1 Å². The van der Waals surface area contributed by atoms with Crippen molar-refractivity contribution in [1.29, 1.82) is 0 Å². The van der Waals surface area contributed by atoms with Crippen molar-refractivity contribution in [2.45, 2.75) is 78.6 Å². The van der Waals surface area contributed by atoms with Crippen molar-refractivity contribution in [3.05, 3.63) is 0 Å². The van der Waals surface area contributed by atoms with Gasteiger partial charge in [-0.2, -0.15) is 0 Å². The van der Waals surface area contributed by atoms with Gasteiger partial charge < -0.3 is 23.4 Å². The summed E-state index contributed by atoms with van der Waals surface area (Å²) < 4.78 is 23.7. The van der Waals surface area contributed by atoms with E-state index in [0.29, 0.717) is 5.92 Å². The molecule has 0 saturated heterocycles. The van der Waals surface area contributed by atoms with E-state index < -0.39 is 17.1 Å². The third kappa shape index (κ3) is 11.5. The summed E-state index contributed by atoms with van der Waals surface area (Å²) in [5, 5.41) is 0. The first-order chi connectivity index (χ1) is 11.9. The predicted octanol–water partition coefficient (Wildman–Crippen LogP) is 4.41. The standard InChI is InChI=1S/C18H43NO4Si2/c1-7-20-24(5,21-8-2)15-11-13-18(17-19)14-12-16-25(6,22-9-3)23-10-4/h18H,7-17,19H2,1-6H3. The van der Waals surface area contributed by atoms with Gasteiger partial charge in [0.25, 0.3) is 0 Å². The maximum atomic E-state index is 6.00. The number of nitrogens with two attached hydrogens (primary N) is 1. The van der Waals surface area contributed by atoms with Crippen LogP contribution in [0.25, 0.3) is 0 Å². The van der Waals surface area contributed by atoms with Gasteiger partial charge in [0.15, 0.2) is 0 Å². The van der Waals surface area contributed by atoms with Gasteiger partial charge in [-0.1, -0.05) is 12.8 Å². The quantitative estimate of drug-likeness (QED) is 0.371. The van der Waals surface area contributed by atoms with Crippen LogP contribution in [0.5, 0.6) is 0 Å². The summed E-state index contributed by atoms with van der Waals surface area (Å²) in [6.45, 7) is 16.2. The summed E-state index contributed by atoms with van der Waals surface area (Å²) in [6.07, 6.45) is 4.58. The minimum absolute atomic E-state index is 0.572. The topological polar surface area (TPSA) is 62.9 Å². The second kappa shape index (κ2) is 14.3. The third-order valence-electron chi connectivity index (χ3n) is 4.62. The van der Waals surface area contributed by atoms with Gasteiger partial charge in [0.2, 0.25) is 0 Å². The van der Waals surface area contributed by atoms with E-state index in [1.165, 1.54) is 0 Å². The van der Waals surface area contributed by atoms with Crippen molar-refractivity contribution in [1.82, 2.24) is 0 Å². The molecule has 0 atom stereocenters. The highest BCUT2D eigenvalue weighted by atomic mass is 28.4. The number of hydrogen-bond donors (Lipinski definition) is 1. The highest BCUT2D eigenvalue weighted by molar-refractivity contribution is 6.66. The summed E-state index contributed by atoms with van der Waals surface area (Å²) >= 11 is 0. The smallest absolute Gasteiger partial charge is 0.334 e. The lowest BCUT2D eigenvalue weighted by Gasteiger charge is -2.27. The Hall–Kier alpha value is 0.234. The summed E-state index contributed by atoms with van der Waals surface area (Å²) in [5.41, 5.74) is 6.00. The Morgan fingerprint density at radius 3 is 1.24 bits per heavy atom. The normalized spacial score (nSPS) is 13.0. The molecular formula is C18H43NO4Si2. The van der Waals surface area contributed by atoms with Crippen molar-refractivity contribution in [2.75, 3.05) is 33.0 Å². The van der Waals surface area contributed by atoms with Gasteiger partial charge in [-0.3, -0.25) is 0 Å². The maximum Gasteiger partial charge on any atom is 0.334 e. The van der Waals surface area contributed by atoms with Crippen LogP contribution in [0.2, 0.25) is 25.2 Å². The van der Waals surface area contributed by atoms with E-state index in [9.17, 15) is 0 Å². The van der Waals surface area contributed by atoms with Crippen LogP contribution < -0.4 is 5.73 Å². The number of hydrogen-bond acceptors (Lipinski definition) is 5. The molecule has 2 N–H and O–H groups in total. The van der Waals surface area contributed by atoms with Gasteiger partial charge in [-0.25, -0.2) is 0 Å². The van der Waals surface area contributed by atoms with Gasteiger partial charge in [-0.15, -0.1) is 0 Å². The number of rotatable bonds is 17. The van der Waals surface area contributed by atoms with Gasteiger partial charge in [0.05, 0.1) is 0 Å². The maximum absolute atomic E-state index is 6.00. The molecule has 5 nitrogen and oxygen atoms in total. The fourth-order valence-corrected chi connectivity index (χ4v) is 8.28. The fraction of sp³-hybridized carbons (Fsp3) is 1.00. The van der Waals surface area contributed by atoms with Crippen LogP contribution in [-0.2, 0) is 17.7 Å². The van der Waals surface area contributed by atoms with E-state index in [1.54, 1.807) is 0 Å². The van der Waals surface area contributed by atoms with E-state index in [2.05, 4.69) is 13.1 Å². The molecule has 152 valence electrons. The second-order valence-corrected chi connectivity index (χ2v) is 13.6. The van der Waals surface area contributed by atoms with Crippen molar-refractivity contribution in [3.8, 4) is 0 Å². The first-order valence-corrected chi connectivity index (χ1v) is 15.2. The Kier molecular flexibility index (Phi) is 14.4. The van der Waals surface area contributed by atoms with E-state index >= 15 is 0 Å². The second-order valence-electron chi connectivity index (χ2n) is 6.89. The molecule has 0 unspecified atom stereocenters. The average molecular weight is 394 g/mol. The molecule has 0 radical (unpaired) electrons. The molecule has 0 aromatic heterocycles. The van der Waals surface area contributed by atoms with Gasteiger partial charge in [0, 0.05) is 26.4 Å². The van der Waals surface area contributed by atoms with Crippen molar-refractivity contribution in [3.63, 3.8) is 0 Å². The first kappa shape index (κ1) is 25.2. The van der Waals surface area contributed by atoms with Crippen LogP contribution in [0.3, 0.4) is 0 Å². The van der Waals surface area contributed by atoms with Crippen LogP contribution >= 0.6 is 0 Å². The molecular weight excluding hydrogens is 350 g/mol. The Balaban J connectivity index is 4.24. The lowest BCUT2D eigenvalue weighted by atomic mass is 9.99. The Labute approximate surface area is 158 Å². The molecule has 25 heavy (non-hydrogen) atoms. The summed E-state index contributed by atoms with van der Waals surface area (Å²) in [5.74, 6) is 0.572. The minimum Gasteiger partial charge on any atom is -0.395 e. The molecule has 0 aromatic rings. The van der Waals surface area contributed by atoms with Gasteiger partial charge in [-0.05, 0) is 78.2 Å². The molecule has 0 fully saturated rings. The zero-order valence-electron chi connectivity index (χ0n) is 17.6. The molecule has 0 bridgehead atoms. The lowest BCUT2D eigenvalue weighted by Crippen LogP contribution is -2.39. The summed E-state index contributed by atoms with van der Waals surface area (Å²) in [7, 11) is -3.97. The fourth-order valence-electron chi connectivity index (χ4n) is 3.40. The van der Waals surface area contributed by atoms with E-state index in [4.69, 9.17) is 23.4 Å². The molecule has 0 aliphatic carbocycles. The third-order valence-corrected chi connectivity index (χ3v) is 10.7. The Morgan fingerprint density at radius 1 is 0.680 bits per heavy atom. The predicted molar refractivity (Wildman–Crippen MR) is 110 cm³/mol. The molecule has 0 aliphatic heterocycles. The zero-order chi connectivity index (χ0) is 19.2. The average Bonchev–Trinajstić information content (AvgIpc) is 2.54. The minimum atomic E-state index is -1.99. The summed E-state index contributed by atoms with van der Waals surface area (Å²) in [6, 6.07) is 2.10. The highest BCUT2D eigenvalue weighted by Crippen LogP contribution is 2.24. The molecule has 0 aromatic carbocycles. The molecule has 0 saturated carbocycles. The van der Waals surface area contributed by atoms with Gasteiger partial charge >= 0.3 is 17.1 Å². The van der Waals surface area contributed by atoms with Crippen LogP contribution in [0.15, 0.2) is 0 Å². The zero-order valence-corrected chi connectivity index (χ0v) is 19.6. The van der Waals surface area contributed by atoms with Crippen LogP contribution in [0.4, 0.5) is 0 Å². The Morgan fingerprint density at radius 2 is 1.00 bits per heavy atom. The van der Waals surface area contributed by atoms with Crippen LogP contribution in [0, 0.1) is 5.92 Å². The van der Waals surface area contributed by atoms with Crippen molar-refractivity contribution < 1.29 is 17.7 Å². The largest absolute Gasteiger partial charge is 0.395 e. The molecule has 0 rings (SSSR count). The first-order valence-electron chi connectivity index (χ1n) is 10.1.